The molecule has 0 unspecified atom stereocenters. The Balaban J connectivity index is 2.13. The molecule has 1 aromatic heterocycles. The largest absolute Gasteiger partial charge is 0.301 e. The molecule has 1 aromatic rings. The van der Waals surface area contributed by atoms with Gasteiger partial charge in [-0.05, 0) is 38.9 Å². The second-order valence-electron chi connectivity index (χ2n) is 3.29. The molecule has 0 radical (unpaired) electrons. The van der Waals surface area contributed by atoms with E-state index in [-0.39, 0.29) is 0 Å². The van der Waals surface area contributed by atoms with Crippen LogP contribution in [0.1, 0.15) is 19.4 Å². The van der Waals surface area contributed by atoms with Crippen LogP contribution in [0.3, 0.4) is 0 Å². The molecule has 0 aromatic carbocycles. The third kappa shape index (κ3) is 4.76. The Labute approximate surface area is 91.4 Å². The fourth-order valence-corrected chi connectivity index (χ4v) is 2.01. The number of nitrogens with one attached hydrogen (secondary N) is 1. The summed E-state index contributed by atoms with van der Waals surface area (Å²) in [5.74, 6) is 0.571. The molecule has 0 bridgehead atoms. The molecule has 0 fully saturated rings. The fraction of sp³-hybridized carbons (Fsp3) is 0.556. The van der Waals surface area contributed by atoms with Crippen LogP contribution in [0.4, 0.5) is 0 Å². The lowest BCUT2D eigenvalue weighted by Crippen LogP contribution is -2.16. The first kappa shape index (κ1) is 11.2. The van der Waals surface area contributed by atoms with Crippen molar-refractivity contribution < 1.29 is 4.84 Å². The summed E-state index contributed by atoms with van der Waals surface area (Å²) in [6.07, 6.45) is 0. The molecule has 74 valence electrons. The molecular weight excluding hydrogens is 250 g/mol. The van der Waals surface area contributed by atoms with Gasteiger partial charge in [0, 0.05) is 6.54 Å². The molecule has 13 heavy (non-hydrogen) atoms. The van der Waals surface area contributed by atoms with Gasteiger partial charge in [0.05, 0.1) is 10.4 Å². The summed E-state index contributed by atoms with van der Waals surface area (Å²) in [5, 5.41) is 2.11. The van der Waals surface area contributed by atoms with Crippen LogP contribution in [0.2, 0.25) is 0 Å². The van der Waals surface area contributed by atoms with Gasteiger partial charge in [-0.15, -0.1) is 11.3 Å². The minimum atomic E-state index is 0.571. The van der Waals surface area contributed by atoms with E-state index < -0.39 is 0 Å². The quantitative estimate of drug-likeness (QED) is 0.651. The molecule has 0 aliphatic heterocycles. The molecule has 0 aliphatic carbocycles. The molecule has 0 aliphatic rings. The van der Waals surface area contributed by atoms with E-state index in [0.29, 0.717) is 5.92 Å². The number of thiophene rings is 1. The number of hydrogen-bond donors (Lipinski definition) is 1. The van der Waals surface area contributed by atoms with Crippen molar-refractivity contribution in [2.75, 3.05) is 6.61 Å². The predicted molar refractivity (Wildman–Crippen MR) is 59.6 cm³/mol. The lowest BCUT2D eigenvalue weighted by atomic mass is 10.2. The molecule has 1 rings (SSSR count). The smallest absolute Gasteiger partial charge is 0.0705 e. The standard InChI is InChI=1S/C9H14BrNOS/c1-7(2)5-12-11-4-8-3-9(10)13-6-8/h3,6-7,11H,4-5H2,1-2H3. The highest BCUT2D eigenvalue weighted by Gasteiger charge is 1.97. The highest BCUT2D eigenvalue weighted by molar-refractivity contribution is 9.11. The summed E-state index contributed by atoms with van der Waals surface area (Å²) in [6.45, 7) is 5.78. The molecule has 2 nitrogen and oxygen atoms in total. The number of hydroxylamine groups is 1. The Hall–Kier alpha value is 0.100. The molecular formula is C9H14BrNOS. The zero-order chi connectivity index (χ0) is 9.68. The second-order valence-corrected chi connectivity index (χ2v) is 5.58. The predicted octanol–water partition coefficient (Wildman–Crippen LogP) is 3.19. The van der Waals surface area contributed by atoms with E-state index in [1.165, 1.54) is 5.56 Å². The summed E-state index contributed by atoms with van der Waals surface area (Å²) < 4.78 is 1.16. The molecule has 0 amide bonds. The highest BCUT2D eigenvalue weighted by atomic mass is 79.9. The maximum atomic E-state index is 5.25. The number of hydrogen-bond acceptors (Lipinski definition) is 3. The van der Waals surface area contributed by atoms with Crippen LogP contribution in [-0.2, 0) is 11.4 Å². The van der Waals surface area contributed by atoms with E-state index in [1.807, 2.05) is 0 Å². The maximum absolute atomic E-state index is 5.25. The summed E-state index contributed by atoms with van der Waals surface area (Å²) in [5.41, 5.74) is 4.18. The zero-order valence-electron chi connectivity index (χ0n) is 7.84. The van der Waals surface area contributed by atoms with E-state index in [2.05, 4.69) is 46.7 Å². The fourth-order valence-electron chi connectivity index (χ4n) is 0.798. The van der Waals surface area contributed by atoms with Gasteiger partial charge in [-0.25, -0.2) is 0 Å². The Kier molecular flexibility index (Phi) is 4.94. The third-order valence-corrected chi connectivity index (χ3v) is 2.97. The average molecular weight is 264 g/mol. The van der Waals surface area contributed by atoms with E-state index >= 15 is 0 Å². The van der Waals surface area contributed by atoms with Crippen molar-refractivity contribution in [2.45, 2.75) is 20.4 Å². The second kappa shape index (κ2) is 5.75. The molecule has 1 heterocycles. The minimum Gasteiger partial charge on any atom is -0.301 e. The Morgan fingerprint density at radius 3 is 2.92 bits per heavy atom. The molecule has 0 saturated carbocycles. The van der Waals surface area contributed by atoms with Gasteiger partial charge in [-0.3, -0.25) is 0 Å². The van der Waals surface area contributed by atoms with Crippen molar-refractivity contribution in [2.24, 2.45) is 5.92 Å². The van der Waals surface area contributed by atoms with Crippen molar-refractivity contribution in [3.05, 3.63) is 20.8 Å². The van der Waals surface area contributed by atoms with E-state index in [4.69, 9.17) is 4.84 Å². The SMILES string of the molecule is CC(C)CONCc1csc(Br)c1. The van der Waals surface area contributed by atoms with Crippen LogP contribution in [0, 0.1) is 5.92 Å². The van der Waals surface area contributed by atoms with Crippen LogP contribution >= 0.6 is 27.3 Å². The van der Waals surface area contributed by atoms with Gasteiger partial charge in [0.2, 0.25) is 0 Å². The van der Waals surface area contributed by atoms with Gasteiger partial charge in [0.1, 0.15) is 0 Å². The lowest BCUT2D eigenvalue weighted by molar-refractivity contribution is 0.0197. The van der Waals surface area contributed by atoms with E-state index in [9.17, 15) is 0 Å². The van der Waals surface area contributed by atoms with Gasteiger partial charge < -0.3 is 4.84 Å². The van der Waals surface area contributed by atoms with Gasteiger partial charge in [0.25, 0.3) is 0 Å². The summed E-state index contributed by atoms with van der Waals surface area (Å²) in [7, 11) is 0. The minimum absolute atomic E-state index is 0.571. The normalized spacial score (nSPS) is 11.1. The van der Waals surface area contributed by atoms with Crippen LogP contribution in [0.15, 0.2) is 15.2 Å². The van der Waals surface area contributed by atoms with Gasteiger partial charge in [-0.2, -0.15) is 5.48 Å². The van der Waals surface area contributed by atoms with Gasteiger partial charge >= 0.3 is 0 Å². The van der Waals surface area contributed by atoms with Gasteiger partial charge in [0.15, 0.2) is 0 Å². The Bertz CT molecular complexity index is 250. The van der Waals surface area contributed by atoms with Gasteiger partial charge in [-0.1, -0.05) is 13.8 Å². The van der Waals surface area contributed by atoms with Crippen LogP contribution < -0.4 is 5.48 Å². The number of halogens is 1. The highest BCUT2D eigenvalue weighted by Crippen LogP contribution is 2.20. The van der Waals surface area contributed by atoms with Crippen molar-refractivity contribution in [3.63, 3.8) is 0 Å². The molecule has 0 saturated heterocycles. The molecule has 0 spiro atoms. The first-order valence-corrected chi connectivity index (χ1v) is 5.93. The van der Waals surface area contributed by atoms with Crippen molar-refractivity contribution in [1.82, 2.24) is 5.48 Å². The third-order valence-electron chi connectivity index (χ3n) is 1.42. The topological polar surface area (TPSA) is 21.3 Å². The molecule has 1 N–H and O–H groups in total. The van der Waals surface area contributed by atoms with Crippen molar-refractivity contribution in [3.8, 4) is 0 Å². The van der Waals surface area contributed by atoms with E-state index in [0.717, 1.165) is 16.9 Å². The summed E-state index contributed by atoms with van der Waals surface area (Å²) in [6, 6.07) is 2.09. The van der Waals surface area contributed by atoms with Crippen LogP contribution in [0.5, 0.6) is 0 Å². The zero-order valence-corrected chi connectivity index (χ0v) is 10.2. The Morgan fingerprint density at radius 2 is 2.38 bits per heavy atom. The summed E-state index contributed by atoms with van der Waals surface area (Å²) >= 11 is 5.10. The van der Waals surface area contributed by atoms with Crippen LogP contribution in [0.25, 0.3) is 0 Å². The van der Waals surface area contributed by atoms with Crippen LogP contribution in [-0.4, -0.2) is 6.61 Å². The average Bonchev–Trinajstić information content (AvgIpc) is 2.45. The first-order chi connectivity index (χ1) is 6.18. The monoisotopic (exact) mass is 263 g/mol. The van der Waals surface area contributed by atoms with Crippen molar-refractivity contribution in [1.29, 1.82) is 0 Å². The first-order valence-electron chi connectivity index (χ1n) is 4.26. The Morgan fingerprint density at radius 1 is 1.62 bits per heavy atom. The molecule has 4 heteroatoms. The molecule has 0 atom stereocenters. The van der Waals surface area contributed by atoms with E-state index in [1.54, 1.807) is 11.3 Å². The lowest BCUT2D eigenvalue weighted by Gasteiger charge is -2.06. The maximum Gasteiger partial charge on any atom is 0.0705 e. The number of rotatable bonds is 5. The van der Waals surface area contributed by atoms with Crippen molar-refractivity contribution >= 4 is 27.3 Å². The summed E-state index contributed by atoms with van der Waals surface area (Å²) in [4.78, 5) is 5.25.